The third-order valence-corrected chi connectivity index (χ3v) is 3.34. The van der Waals surface area contributed by atoms with Crippen molar-refractivity contribution in [2.75, 3.05) is 13.1 Å². The van der Waals surface area contributed by atoms with Crippen molar-refractivity contribution in [1.82, 2.24) is 4.90 Å². The summed E-state index contributed by atoms with van der Waals surface area (Å²) < 4.78 is 0. The van der Waals surface area contributed by atoms with Gasteiger partial charge in [-0.2, -0.15) is 0 Å². The smallest absolute Gasteiger partial charge is 0.223 e. The second-order valence-corrected chi connectivity index (χ2v) is 4.68. The number of likely N-dealkylation sites (tertiary alicyclic amines) is 1. The molecule has 0 aromatic carbocycles. The van der Waals surface area contributed by atoms with Crippen LogP contribution in [-0.2, 0) is 14.4 Å². The molecule has 0 aromatic rings. The van der Waals surface area contributed by atoms with E-state index in [-0.39, 0.29) is 17.6 Å². The van der Waals surface area contributed by atoms with Crippen molar-refractivity contribution in [3.63, 3.8) is 0 Å². The summed E-state index contributed by atoms with van der Waals surface area (Å²) in [5, 5.41) is 0. The zero-order valence-electron chi connectivity index (χ0n) is 10.7. The molecule has 0 spiro atoms. The molecule has 1 aliphatic heterocycles. The van der Waals surface area contributed by atoms with E-state index < -0.39 is 0 Å². The van der Waals surface area contributed by atoms with Crippen LogP contribution in [0.15, 0.2) is 0 Å². The molecule has 4 nitrogen and oxygen atoms in total. The van der Waals surface area contributed by atoms with Gasteiger partial charge in [0.2, 0.25) is 5.91 Å². The molecule has 1 fully saturated rings. The molecule has 0 unspecified atom stereocenters. The monoisotopic (exact) mass is 239 g/mol. The van der Waals surface area contributed by atoms with Crippen LogP contribution in [0.3, 0.4) is 0 Å². The fraction of sp³-hybridized carbons (Fsp3) is 0.769. The minimum Gasteiger partial charge on any atom is -0.343 e. The Labute approximate surface area is 102 Å². The minimum atomic E-state index is 0.0441. The Balaban J connectivity index is 2.33. The first-order chi connectivity index (χ1) is 8.04. The van der Waals surface area contributed by atoms with Crippen LogP contribution >= 0.6 is 0 Å². The van der Waals surface area contributed by atoms with Crippen LogP contribution in [-0.4, -0.2) is 35.5 Å². The van der Waals surface area contributed by atoms with Crippen molar-refractivity contribution >= 4 is 17.5 Å². The van der Waals surface area contributed by atoms with Gasteiger partial charge in [-0.05, 0) is 19.8 Å². The lowest BCUT2D eigenvalue weighted by molar-refractivity contribution is -0.136. The van der Waals surface area contributed by atoms with Crippen molar-refractivity contribution in [2.24, 2.45) is 5.92 Å². The number of ketones is 2. The molecule has 0 aliphatic carbocycles. The van der Waals surface area contributed by atoms with E-state index in [1.807, 2.05) is 6.92 Å². The van der Waals surface area contributed by atoms with Gasteiger partial charge in [0.1, 0.15) is 11.6 Å². The van der Waals surface area contributed by atoms with Gasteiger partial charge < -0.3 is 9.69 Å². The summed E-state index contributed by atoms with van der Waals surface area (Å²) in [6.07, 6.45) is 2.77. The molecule has 96 valence electrons. The number of carbonyl (C=O) groups is 3. The van der Waals surface area contributed by atoms with E-state index in [1.165, 1.54) is 6.92 Å². The molecule has 0 saturated carbocycles. The fourth-order valence-corrected chi connectivity index (χ4v) is 2.18. The van der Waals surface area contributed by atoms with Gasteiger partial charge in [0, 0.05) is 38.3 Å². The SMILES string of the molecule is CCC(=O)C1CCN(C(=O)CCC(C)=O)CC1. The summed E-state index contributed by atoms with van der Waals surface area (Å²) in [6, 6.07) is 0. The van der Waals surface area contributed by atoms with Crippen molar-refractivity contribution < 1.29 is 14.4 Å². The van der Waals surface area contributed by atoms with Crippen LogP contribution in [0, 0.1) is 5.92 Å². The van der Waals surface area contributed by atoms with Gasteiger partial charge in [-0.15, -0.1) is 0 Å². The first-order valence-corrected chi connectivity index (χ1v) is 6.34. The largest absolute Gasteiger partial charge is 0.343 e. The number of nitrogens with zero attached hydrogens (tertiary/aromatic N) is 1. The van der Waals surface area contributed by atoms with Crippen molar-refractivity contribution in [1.29, 1.82) is 0 Å². The molecule has 1 rings (SSSR count). The Morgan fingerprint density at radius 3 is 2.18 bits per heavy atom. The molecule has 4 heteroatoms. The fourth-order valence-electron chi connectivity index (χ4n) is 2.18. The highest BCUT2D eigenvalue weighted by Crippen LogP contribution is 2.20. The average Bonchev–Trinajstić information content (AvgIpc) is 2.35. The van der Waals surface area contributed by atoms with E-state index in [1.54, 1.807) is 4.90 Å². The number of carbonyl (C=O) groups excluding carboxylic acids is 3. The quantitative estimate of drug-likeness (QED) is 0.731. The lowest BCUT2D eigenvalue weighted by atomic mass is 9.91. The highest BCUT2D eigenvalue weighted by molar-refractivity contribution is 5.84. The molecule has 1 amide bonds. The van der Waals surface area contributed by atoms with E-state index in [9.17, 15) is 14.4 Å². The maximum absolute atomic E-state index is 11.7. The van der Waals surface area contributed by atoms with Crippen LogP contribution in [0.4, 0.5) is 0 Å². The number of piperidine rings is 1. The summed E-state index contributed by atoms with van der Waals surface area (Å²) in [5.41, 5.74) is 0. The van der Waals surface area contributed by atoms with Crippen LogP contribution in [0.5, 0.6) is 0 Å². The Bertz CT molecular complexity index is 304. The zero-order valence-corrected chi connectivity index (χ0v) is 10.7. The van der Waals surface area contributed by atoms with E-state index in [4.69, 9.17) is 0 Å². The molecule has 1 heterocycles. The third kappa shape index (κ3) is 4.29. The summed E-state index contributed by atoms with van der Waals surface area (Å²) in [6.45, 7) is 4.70. The molecule has 0 radical (unpaired) electrons. The van der Waals surface area contributed by atoms with Crippen molar-refractivity contribution in [2.45, 2.75) is 46.0 Å². The third-order valence-electron chi connectivity index (χ3n) is 3.34. The predicted molar refractivity (Wildman–Crippen MR) is 64.5 cm³/mol. The van der Waals surface area contributed by atoms with Crippen molar-refractivity contribution in [3.8, 4) is 0 Å². The molecular formula is C13H21NO3. The van der Waals surface area contributed by atoms with Gasteiger partial charge in [-0.1, -0.05) is 6.92 Å². The molecule has 1 saturated heterocycles. The molecule has 0 bridgehead atoms. The Hall–Kier alpha value is -1.19. The molecule has 17 heavy (non-hydrogen) atoms. The standard InChI is InChI=1S/C13H21NO3/c1-3-12(16)11-6-8-14(9-7-11)13(17)5-4-10(2)15/h11H,3-9H2,1-2H3. The van der Waals surface area contributed by atoms with Gasteiger partial charge in [-0.3, -0.25) is 9.59 Å². The first kappa shape index (κ1) is 13.9. The van der Waals surface area contributed by atoms with E-state index in [0.29, 0.717) is 38.1 Å². The van der Waals surface area contributed by atoms with Crippen LogP contribution in [0.1, 0.15) is 46.0 Å². The van der Waals surface area contributed by atoms with Gasteiger partial charge in [0.05, 0.1) is 0 Å². The maximum Gasteiger partial charge on any atom is 0.223 e. The number of hydrogen-bond acceptors (Lipinski definition) is 3. The van der Waals surface area contributed by atoms with Gasteiger partial charge in [0.15, 0.2) is 0 Å². The Morgan fingerprint density at radius 2 is 1.71 bits per heavy atom. The topological polar surface area (TPSA) is 54.5 Å². The van der Waals surface area contributed by atoms with Gasteiger partial charge in [-0.25, -0.2) is 0 Å². The highest BCUT2D eigenvalue weighted by Gasteiger charge is 2.25. The van der Waals surface area contributed by atoms with Gasteiger partial charge >= 0.3 is 0 Å². The molecular weight excluding hydrogens is 218 g/mol. The second-order valence-electron chi connectivity index (χ2n) is 4.68. The number of rotatable bonds is 5. The zero-order chi connectivity index (χ0) is 12.8. The summed E-state index contributed by atoms with van der Waals surface area (Å²) in [5.74, 6) is 0.537. The molecule has 0 aromatic heterocycles. The molecule has 1 aliphatic rings. The van der Waals surface area contributed by atoms with E-state index in [2.05, 4.69) is 0 Å². The Morgan fingerprint density at radius 1 is 1.12 bits per heavy atom. The van der Waals surface area contributed by atoms with Crippen molar-refractivity contribution in [3.05, 3.63) is 0 Å². The second kappa shape index (κ2) is 6.52. The summed E-state index contributed by atoms with van der Waals surface area (Å²) in [7, 11) is 0. The normalized spacial score (nSPS) is 16.9. The van der Waals surface area contributed by atoms with Crippen LogP contribution in [0.25, 0.3) is 0 Å². The van der Waals surface area contributed by atoms with E-state index >= 15 is 0 Å². The predicted octanol–water partition coefficient (Wildman–Crippen LogP) is 1.57. The van der Waals surface area contributed by atoms with Gasteiger partial charge in [0.25, 0.3) is 0 Å². The molecule has 0 atom stereocenters. The molecule has 0 N–H and O–H groups in total. The lowest BCUT2D eigenvalue weighted by Gasteiger charge is -2.31. The number of hydrogen-bond donors (Lipinski definition) is 0. The van der Waals surface area contributed by atoms with Crippen LogP contribution < -0.4 is 0 Å². The first-order valence-electron chi connectivity index (χ1n) is 6.34. The maximum atomic E-state index is 11.7. The number of amides is 1. The lowest BCUT2D eigenvalue weighted by Crippen LogP contribution is -2.40. The highest BCUT2D eigenvalue weighted by atomic mass is 16.2. The summed E-state index contributed by atoms with van der Waals surface area (Å²) >= 11 is 0. The average molecular weight is 239 g/mol. The van der Waals surface area contributed by atoms with E-state index in [0.717, 1.165) is 12.8 Å². The Kier molecular flexibility index (Phi) is 5.32. The van der Waals surface area contributed by atoms with Crippen LogP contribution in [0.2, 0.25) is 0 Å². The summed E-state index contributed by atoms with van der Waals surface area (Å²) in [4.78, 5) is 35.8. The number of Topliss-reactive ketones (excluding diaryl/α,β-unsaturated/α-hetero) is 2. The minimum absolute atomic E-state index is 0.0441.